The van der Waals surface area contributed by atoms with E-state index in [-0.39, 0.29) is 30.9 Å². The number of amides is 1. The third-order valence-corrected chi connectivity index (χ3v) is 8.84. The molecule has 2 saturated heterocycles. The molecule has 11 nitrogen and oxygen atoms in total. The third kappa shape index (κ3) is 5.69. The van der Waals surface area contributed by atoms with Crippen molar-refractivity contribution in [3.05, 3.63) is 53.3 Å². The molecule has 5 heterocycles. The Morgan fingerprint density at radius 2 is 1.90 bits per heavy atom. The summed E-state index contributed by atoms with van der Waals surface area (Å²) in [4.78, 5) is 30.6. The molecule has 4 aromatic rings. The van der Waals surface area contributed by atoms with Gasteiger partial charge in [-0.3, -0.25) is 9.69 Å². The molecule has 1 N–H and O–H groups in total. The Morgan fingerprint density at radius 1 is 1.12 bits per heavy atom. The first-order valence-corrected chi connectivity index (χ1v) is 15.1. The maximum Gasteiger partial charge on any atom is 0.236 e. The number of carbonyl (C=O) groups excluding carboxylic acids is 1. The molecule has 13 heteroatoms. The fourth-order valence-electron chi connectivity index (χ4n) is 5.53. The zero-order valence-electron chi connectivity index (χ0n) is 23.8. The summed E-state index contributed by atoms with van der Waals surface area (Å²) in [6.45, 7) is 6.55. The standard InChI is InChI=1S/C29H35FN8O3S/c1-3-23-28(34(2)29-32-24(19-42-29)20-4-6-21(30)7-5-20)38-25(31-23)8-9-26(33-38)37-11-10-36(22(16-37)18-39)17-27(40)35-12-14-41-15-13-35/h4-9,19,22,39H,3,10-18H2,1-2H3/t22-/m0/s1. The van der Waals surface area contributed by atoms with Crippen molar-refractivity contribution in [3.63, 3.8) is 0 Å². The van der Waals surface area contributed by atoms with Crippen LogP contribution >= 0.6 is 11.3 Å². The van der Waals surface area contributed by atoms with Gasteiger partial charge >= 0.3 is 0 Å². The smallest absolute Gasteiger partial charge is 0.236 e. The summed E-state index contributed by atoms with van der Waals surface area (Å²) in [5.41, 5.74) is 3.27. The fraction of sp³-hybridized carbons (Fsp3) is 0.448. The van der Waals surface area contributed by atoms with Gasteiger partial charge in [0.2, 0.25) is 5.91 Å². The number of carbonyl (C=O) groups is 1. The number of anilines is 3. The highest BCUT2D eigenvalue weighted by atomic mass is 32.1. The minimum atomic E-state index is -0.278. The van der Waals surface area contributed by atoms with Crippen LogP contribution in [0.15, 0.2) is 41.8 Å². The Labute approximate surface area is 247 Å². The molecule has 0 aliphatic carbocycles. The number of thiazole rings is 1. The summed E-state index contributed by atoms with van der Waals surface area (Å²) >= 11 is 1.50. The summed E-state index contributed by atoms with van der Waals surface area (Å²) in [6, 6.07) is 10.1. The van der Waals surface area contributed by atoms with Crippen LogP contribution in [0.5, 0.6) is 0 Å². The van der Waals surface area contributed by atoms with Gasteiger partial charge in [-0.1, -0.05) is 6.92 Å². The monoisotopic (exact) mass is 594 g/mol. The summed E-state index contributed by atoms with van der Waals surface area (Å²) in [5.74, 6) is 1.41. The van der Waals surface area contributed by atoms with Crippen molar-refractivity contribution in [2.24, 2.45) is 0 Å². The molecule has 42 heavy (non-hydrogen) atoms. The van der Waals surface area contributed by atoms with E-state index in [9.17, 15) is 14.3 Å². The molecule has 0 saturated carbocycles. The van der Waals surface area contributed by atoms with Crippen molar-refractivity contribution < 1.29 is 19.0 Å². The quantitative estimate of drug-likeness (QED) is 0.330. The predicted octanol–water partition coefficient (Wildman–Crippen LogP) is 2.66. The molecule has 3 aromatic heterocycles. The van der Waals surface area contributed by atoms with E-state index in [4.69, 9.17) is 19.8 Å². The number of nitrogens with zero attached hydrogens (tertiary/aromatic N) is 8. The highest BCUT2D eigenvalue weighted by Crippen LogP contribution is 2.34. The summed E-state index contributed by atoms with van der Waals surface area (Å²) in [7, 11) is 1.95. The fourth-order valence-corrected chi connectivity index (χ4v) is 6.33. The zero-order chi connectivity index (χ0) is 29.2. The average molecular weight is 595 g/mol. The molecule has 1 atom stereocenters. The van der Waals surface area contributed by atoms with Gasteiger partial charge < -0.3 is 24.5 Å². The first kappa shape index (κ1) is 28.5. The molecular formula is C29H35FN8O3S. The van der Waals surface area contributed by atoms with Crippen LogP contribution in [-0.2, 0) is 16.0 Å². The van der Waals surface area contributed by atoms with Gasteiger partial charge in [-0.05, 0) is 42.8 Å². The lowest BCUT2D eigenvalue weighted by atomic mass is 10.1. The van der Waals surface area contributed by atoms with Gasteiger partial charge in [0.1, 0.15) is 11.6 Å². The number of fused-ring (bicyclic) bond motifs is 1. The number of piperazine rings is 1. The highest BCUT2D eigenvalue weighted by molar-refractivity contribution is 7.14. The van der Waals surface area contributed by atoms with Crippen LogP contribution in [0.4, 0.5) is 21.2 Å². The van der Waals surface area contributed by atoms with Crippen molar-refractivity contribution in [3.8, 4) is 11.3 Å². The van der Waals surface area contributed by atoms with Crippen molar-refractivity contribution in [2.45, 2.75) is 19.4 Å². The van der Waals surface area contributed by atoms with Crippen LogP contribution in [0.2, 0.25) is 0 Å². The molecule has 2 aliphatic heterocycles. The number of halogens is 1. The van der Waals surface area contributed by atoms with Crippen LogP contribution in [0, 0.1) is 5.82 Å². The Hall–Kier alpha value is -3.65. The van der Waals surface area contributed by atoms with Crippen molar-refractivity contribution >= 4 is 39.7 Å². The second-order valence-corrected chi connectivity index (χ2v) is 11.4. The second kappa shape index (κ2) is 12.3. The first-order chi connectivity index (χ1) is 20.4. The lowest BCUT2D eigenvalue weighted by Crippen LogP contribution is -2.58. The molecule has 1 aromatic carbocycles. The average Bonchev–Trinajstić information content (AvgIpc) is 3.67. The molecular weight excluding hydrogens is 559 g/mol. The normalized spacial score (nSPS) is 18.1. The van der Waals surface area contributed by atoms with E-state index in [2.05, 4.69) is 16.7 Å². The van der Waals surface area contributed by atoms with Gasteiger partial charge in [0.15, 0.2) is 16.6 Å². The van der Waals surface area contributed by atoms with Crippen LogP contribution in [0.25, 0.3) is 16.9 Å². The SMILES string of the molecule is CCc1nc2ccc(N3CCN(CC(=O)N4CCOCC4)[C@H](CO)C3)nn2c1N(C)c1nc(-c2ccc(F)cc2)cs1. The molecule has 222 valence electrons. The van der Waals surface area contributed by atoms with E-state index in [1.54, 1.807) is 12.1 Å². The Balaban J connectivity index is 1.22. The maximum atomic E-state index is 13.4. The number of hydrogen-bond donors (Lipinski definition) is 1. The minimum Gasteiger partial charge on any atom is -0.395 e. The molecule has 1 amide bonds. The van der Waals surface area contributed by atoms with Crippen molar-refractivity contribution in [1.29, 1.82) is 0 Å². The molecule has 2 fully saturated rings. The summed E-state index contributed by atoms with van der Waals surface area (Å²) in [6.07, 6.45) is 0.719. The lowest BCUT2D eigenvalue weighted by molar-refractivity contribution is -0.137. The van der Waals surface area contributed by atoms with E-state index in [0.29, 0.717) is 45.9 Å². The lowest BCUT2D eigenvalue weighted by Gasteiger charge is -2.41. The highest BCUT2D eigenvalue weighted by Gasteiger charge is 2.31. The van der Waals surface area contributed by atoms with Gasteiger partial charge in [0.05, 0.1) is 43.8 Å². The van der Waals surface area contributed by atoms with Gasteiger partial charge in [-0.25, -0.2) is 14.4 Å². The van der Waals surface area contributed by atoms with Crippen molar-refractivity contribution in [2.75, 3.05) is 75.9 Å². The van der Waals surface area contributed by atoms with Gasteiger partial charge in [0, 0.05) is 50.7 Å². The minimum absolute atomic E-state index is 0.0470. The van der Waals surface area contributed by atoms with Gasteiger partial charge in [-0.15, -0.1) is 16.4 Å². The molecule has 6 rings (SSSR count). The third-order valence-electron chi connectivity index (χ3n) is 7.92. The number of morpholine rings is 1. The number of aliphatic hydroxyl groups excluding tert-OH is 1. The summed E-state index contributed by atoms with van der Waals surface area (Å²) < 4.78 is 20.6. The number of ether oxygens (including phenoxy) is 1. The van der Waals surface area contributed by atoms with Crippen LogP contribution in [-0.4, -0.2) is 113 Å². The van der Waals surface area contributed by atoms with E-state index < -0.39 is 0 Å². The predicted molar refractivity (Wildman–Crippen MR) is 160 cm³/mol. The molecule has 0 spiro atoms. The van der Waals surface area contributed by atoms with Crippen LogP contribution < -0.4 is 9.80 Å². The molecule has 2 aliphatic rings. The maximum absolute atomic E-state index is 13.4. The number of benzene rings is 1. The number of rotatable bonds is 8. The number of imidazole rings is 1. The Kier molecular flexibility index (Phi) is 8.34. The van der Waals surface area contributed by atoms with E-state index in [1.807, 2.05) is 38.9 Å². The number of aliphatic hydroxyl groups is 1. The number of aryl methyl sites for hydroxylation is 1. The number of aromatic nitrogens is 4. The zero-order valence-corrected chi connectivity index (χ0v) is 24.6. The van der Waals surface area contributed by atoms with Crippen LogP contribution in [0.1, 0.15) is 12.6 Å². The molecule has 0 bridgehead atoms. The summed E-state index contributed by atoms with van der Waals surface area (Å²) in [5, 5.41) is 18.0. The van der Waals surface area contributed by atoms with Gasteiger partial charge in [0.25, 0.3) is 0 Å². The molecule has 0 radical (unpaired) electrons. The second-order valence-electron chi connectivity index (χ2n) is 10.5. The van der Waals surface area contributed by atoms with E-state index in [1.165, 1.54) is 23.5 Å². The van der Waals surface area contributed by atoms with E-state index >= 15 is 0 Å². The number of hydrogen-bond acceptors (Lipinski definition) is 10. The van der Waals surface area contributed by atoms with Crippen molar-refractivity contribution in [1.82, 2.24) is 29.4 Å². The topological polar surface area (TPSA) is 103 Å². The van der Waals surface area contributed by atoms with Crippen LogP contribution in [0.3, 0.4) is 0 Å². The van der Waals surface area contributed by atoms with Gasteiger partial charge in [-0.2, -0.15) is 4.52 Å². The Morgan fingerprint density at radius 3 is 2.64 bits per heavy atom. The molecule has 0 unspecified atom stereocenters. The Bertz CT molecular complexity index is 1540. The van der Waals surface area contributed by atoms with E-state index in [0.717, 1.165) is 45.8 Å². The first-order valence-electron chi connectivity index (χ1n) is 14.2. The largest absolute Gasteiger partial charge is 0.395 e.